The lowest BCUT2D eigenvalue weighted by Gasteiger charge is -2.42. The summed E-state index contributed by atoms with van der Waals surface area (Å²) in [4.78, 5) is 0. The molecule has 6 nitrogen and oxygen atoms in total. The van der Waals surface area contributed by atoms with Crippen LogP contribution in [0.25, 0.3) is 0 Å². The minimum Gasteiger partial charge on any atom is -0.493 e. The van der Waals surface area contributed by atoms with E-state index in [0.29, 0.717) is 17.2 Å². The SMILES string of the molecule is COc1cc([Si](c2cc(C)c(OC)c(OC)c2)(c2cc(C)c(OC)c(OC)c2)C2C(C)=C(C)C(C)=C2C)cc(C)c1OC. The van der Waals surface area contributed by atoms with Gasteiger partial charge in [0.05, 0.1) is 42.7 Å². The molecule has 0 spiro atoms. The summed E-state index contributed by atoms with van der Waals surface area (Å²) < 4.78 is 35.4. The molecule has 0 aliphatic heterocycles. The van der Waals surface area contributed by atoms with Gasteiger partial charge in [-0.2, -0.15) is 0 Å². The molecule has 1 aliphatic rings. The minimum absolute atomic E-state index is 0.111. The van der Waals surface area contributed by atoms with Gasteiger partial charge in [-0.1, -0.05) is 29.3 Å². The lowest BCUT2D eigenvalue weighted by atomic mass is 10.1. The van der Waals surface area contributed by atoms with Gasteiger partial charge in [0.15, 0.2) is 42.6 Å². The maximum Gasteiger partial charge on any atom is 0.163 e. The topological polar surface area (TPSA) is 55.4 Å². The Labute approximate surface area is 258 Å². The van der Waals surface area contributed by atoms with E-state index < -0.39 is 8.07 Å². The molecule has 0 unspecified atom stereocenters. The van der Waals surface area contributed by atoms with Crippen molar-refractivity contribution in [3.05, 3.63) is 75.4 Å². The van der Waals surface area contributed by atoms with Crippen LogP contribution in [0.1, 0.15) is 44.4 Å². The number of benzene rings is 3. The molecule has 0 amide bonds. The first-order valence-corrected chi connectivity index (χ1v) is 16.6. The molecule has 43 heavy (non-hydrogen) atoms. The summed E-state index contributed by atoms with van der Waals surface area (Å²) in [5.74, 6) is 4.33. The van der Waals surface area contributed by atoms with Crippen LogP contribution < -0.4 is 44.0 Å². The summed E-state index contributed by atoms with van der Waals surface area (Å²) in [6, 6.07) is 13.4. The first-order chi connectivity index (χ1) is 20.5. The van der Waals surface area contributed by atoms with E-state index in [1.165, 1.54) is 37.9 Å². The van der Waals surface area contributed by atoms with Crippen molar-refractivity contribution in [1.29, 1.82) is 0 Å². The Kier molecular flexibility index (Phi) is 9.26. The molecule has 0 atom stereocenters. The maximum atomic E-state index is 5.98. The quantitative estimate of drug-likeness (QED) is 0.204. The van der Waals surface area contributed by atoms with E-state index in [0.717, 1.165) is 33.9 Å². The lowest BCUT2D eigenvalue weighted by Crippen LogP contribution is -2.70. The number of rotatable bonds is 10. The fourth-order valence-electron chi connectivity index (χ4n) is 7.15. The monoisotopic (exact) mass is 602 g/mol. The van der Waals surface area contributed by atoms with Crippen LogP contribution in [0.2, 0.25) is 5.54 Å². The second-order valence-electron chi connectivity index (χ2n) is 11.4. The standard InChI is InChI=1S/C36H46O6Si/c1-20-14-27(17-30(37-8)33(20)40-11)43(36-25(6)23(4)24(5)26(36)7,28-15-21(2)34(41-12)31(18-28)38-9)29-16-22(3)35(42-13)32(19-29)39-10/h14-19,36H,1-13H3. The molecule has 0 heterocycles. The number of hydrogen-bond donors (Lipinski definition) is 0. The van der Waals surface area contributed by atoms with Crippen LogP contribution in [0.4, 0.5) is 0 Å². The van der Waals surface area contributed by atoms with Gasteiger partial charge in [0.25, 0.3) is 0 Å². The molecule has 230 valence electrons. The molecule has 0 saturated heterocycles. The third-order valence-electron chi connectivity index (χ3n) is 9.40. The van der Waals surface area contributed by atoms with Crippen LogP contribution in [0.5, 0.6) is 34.5 Å². The number of aryl methyl sites for hydroxylation is 3. The molecule has 3 aromatic rings. The summed E-state index contributed by atoms with van der Waals surface area (Å²) in [5.41, 5.74) is 8.56. The summed E-state index contributed by atoms with van der Waals surface area (Å²) >= 11 is 0. The van der Waals surface area contributed by atoms with Gasteiger partial charge >= 0.3 is 0 Å². The van der Waals surface area contributed by atoms with Gasteiger partial charge in [-0.3, -0.25) is 0 Å². The van der Waals surface area contributed by atoms with Crippen molar-refractivity contribution in [2.75, 3.05) is 42.7 Å². The number of methoxy groups -OCH3 is 6. The van der Waals surface area contributed by atoms with Crippen LogP contribution in [0, 0.1) is 20.8 Å². The molecule has 0 fully saturated rings. The molecule has 4 rings (SSSR count). The molecule has 0 radical (unpaired) electrons. The van der Waals surface area contributed by atoms with Gasteiger partial charge in [0, 0.05) is 5.54 Å². The molecular formula is C36H46O6Si. The molecule has 0 saturated carbocycles. The summed E-state index contributed by atoms with van der Waals surface area (Å²) in [6.45, 7) is 15.3. The Morgan fingerprint density at radius 2 is 0.698 bits per heavy atom. The van der Waals surface area contributed by atoms with E-state index in [4.69, 9.17) is 28.4 Å². The lowest BCUT2D eigenvalue weighted by molar-refractivity contribution is 0.353. The predicted octanol–water partition coefficient (Wildman–Crippen LogP) is 6.19. The Morgan fingerprint density at radius 1 is 0.419 bits per heavy atom. The van der Waals surface area contributed by atoms with Gasteiger partial charge in [-0.15, -0.1) is 0 Å². The normalized spacial score (nSPS) is 13.9. The largest absolute Gasteiger partial charge is 0.493 e. The average molecular weight is 603 g/mol. The molecular weight excluding hydrogens is 556 g/mol. The average Bonchev–Trinajstić information content (AvgIpc) is 3.18. The fourth-order valence-corrected chi connectivity index (χ4v) is 13.3. The van der Waals surface area contributed by atoms with Gasteiger partial charge < -0.3 is 28.4 Å². The number of allylic oxidation sites excluding steroid dienone is 4. The minimum atomic E-state index is -3.07. The van der Waals surface area contributed by atoms with Crippen molar-refractivity contribution in [3.8, 4) is 34.5 Å². The van der Waals surface area contributed by atoms with Crippen molar-refractivity contribution in [2.24, 2.45) is 0 Å². The number of hydrogen-bond acceptors (Lipinski definition) is 6. The van der Waals surface area contributed by atoms with Crippen LogP contribution in [0.15, 0.2) is 58.7 Å². The van der Waals surface area contributed by atoms with Gasteiger partial charge in [-0.05, 0) is 110 Å². The van der Waals surface area contributed by atoms with Crippen molar-refractivity contribution >= 4 is 23.6 Å². The van der Waals surface area contributed by atoms with E-state index in [1.807, 2.05) is 0 Å². The number of ether oxygens (including phenoxy) is 6. The van der Waals surface area contributed by atoms with Gasteiger partial charge in [-0.25, -0.2) is 0 Å². The highest BCUT2D eigenvalue weighted by Gasteiger charge is 2.51. The zero-order valence-electron chi connectivity index (χ0n) is 28.0. The van der Waals surface area contributed by atoms with Crippen LogP contribution in [-0.4, -0.2) is 50.7 Å². The highest BCUT2D eigenvalue weighted by Crippen LogP contribution is 2.48. The van der Waals surface area contributed by atoms with E-state index in [2.05, 4.69) is 84.9 Å². The van der Waals surface area contributed by atoms with Crippen molar-refractivity contribution in [3.63, 3.8) is 0 Å². The molecule has 0 aromatic heterocycles. The highest BCUT2D eigenvalue weighted by molar-refractivity contribution is 7.13. The predicted molar refractivity (Wildman–Crippen MR) is 178 cm³/mol. The van der Waals surface area contributed by atoms with Crippen LogP contribution in [-0.2, 0) is 0 Å². The second-order valence-corrected chi connectivity index (χ2v) is 15.4. The molecule has 3 aromatic carbocycles. The van der Waals surface area contributed by atoms with E-state index in [1.54, 1.807) is 42.7 Å². The Hall–Kier alpha value is -3.84. The van der Waals surface area contributed by atoms with Crippen LogP contribution in [0.3, 0.4) is 0 Å². The zero-order valence-corrected chi connectivity index (χ0v) is 29.0. The van der Waals surface area contributed by atoms with Crippen molar-refractivity contribution in [2.45, 2.75) is 54.0 Å². The Balaban J connectivity index is 2.35. The molecule has 0 N–H and O–H groups in total. The second kappa shape index (κ2) is 12.4. The van der Waals surface area contributed by atoms with Crippen molar-refractivity contribution < 1.29 is 28.4 Å². The Bertz CT molecular complexity index is 1440. The fraction of sp³-hybridized carbons (Fsp3) is 0.389. The third-order valence-corrected chi connectivity index (χ3v) is 14.7. The Morgan fingerprint density at radius 3 is 0.930 bits per heavy atom. The first kappa shape index (κ1) is 32.1. The molecule has 7 heteroatoms. The van der Waals surface area contributed by atoms with E-state index >= 15 is 0 Å². The first-order valence-electron chi connectivity index (χ1n) is 14.5. The van der Waals surface area contributed by atoms with Gasteiger partial charge in [0.1, 0.15) is 0 Å². The van der Waals surface area contributed by atoms with E-state index in [-0.39, 0.29) is 5.54 Å². The van der Waals surface area contributed by atoms with Crippen LogP contribution >= 0.6 is 0 Å². The maximum absolute atomic E-state index is 5.98. The highest BCUT2D eigenvalue weighted by atomic mass is 28.3. The molecule has 1 aliphatic carbocycles. The molecule has 0 bridgehead atoms. The van der Waals surface area contributed by atoms with Gasteiger partial charge in [0.2, 0.25) is 0 Å². The smallest absolute Gasteiger partial charge is 0.163 e. The zero-order chi connectivity index (χ0) is 31.8. The van der Waals surface area contributed by atoms with E-state index in [9.17, 15) is 0 Å². The summed E-state index contributed by atoms with van der Waals surface area (Å²) in [7, 11) is 7.10. The third kappa shape index (κ3) is 4.97. The summed E-state index contributed by atoms with van der Waals surface area (Å²) in [6.07, 6.45) is 0. The summed E-state index contributed by atoms with van der Waals surface area (Å²) in [5, 5.41) is 3.60. The van der Waals surface area contributed by atoms with Crippen molar-refractivity contribution in [1.82, 2.24) is 0 Å².